The van der Waals surface area contributed by atoms with E-state index in [9.17, 15) is 9.18 Å². The molecule has 1 N–H and O–H groups in total. The normalized spacial score (nSPS) is 11.1. The number of halogens is 2. The Bertz CT molecular complexity index is 818. The molecule has 3 rings (SSSR count). The third-order valence-corrected chi connectivity index (χ3v) is 3.59. The van der Waals surface area contributed by atoms with Crippen molar-refractivity contribution < 1.29 is 4.39 Å². The Morgan fingerprint density at radius 3 is 2.58 bits per heavy atom. The average Bonchev–Trinajstić information content (AvgIpc) is 2.66. The van der Waals surface area contributed by atoms with Crippen molar-refractivity contribution in [3.8, 4) is 11.1 Å². The van der Waals surface area contributed by atoms with Crippen LogP contribution >= 0.6 is 15.9 Å². The zero-order valence-electron chi connectivity index (χ0n) is 10.1. The van der Waals surface area contributed by atoms with Gasteiger partial charge in [0.1, 0.15) is 5.82 Å². The summed E-state index contributed by atoms with van der Waals surface area (Å²) >= 11 is 3.44. The molecule has 0 aliphatic carbocycles. The molecule has 5 heteroatoms. The zero-order valence-corrected chi connectivity index (χ0v) is 11.7. The smallest absolute Gasteiger partial charge is 0.305 e. The molecule has 0 fully saturated rings. The second-order valence-corrected chi connectivity index (χ2v) is 5.26. The van der Waals surface area contributed by atoms with Crippen LogP contribution in [0, 0.1) is 5.82 Å². The van der Waals surface area contributed by atoms with E-state index in [2.05, 4.69) is 20.9 Å². The molecule has 0 spiro atoms. The molecule has 0 unspecified atom stereocenters. The fraction of sp³-hybridized carbons (Fsp3) is 0.0714. The maximum absolute atomic E-state index is 13.0. The topological polar surface area (TPSA) is 37.8 Å². The molecule has 0 aliphatic rings. The minimum atomic E-state index is -0.281. The first kappa shape index (κ1) is 12.2. The van der Waals surface area contributed by atoms with Gasteiger partial charge in [0, 0.05) is 17.1 Å². The van der Waals surface area contributed by atoms with E-state index in [1.165, 1.54) is 12.1 Å². The second-order valence-electron chi connectivity index (χ2n) is 4.34. The van der Waals surface area contributed by atoms with Gasteiger partial charge in [0.25, 0.3) is 0 Å². The van der Waals surface area contributed by atoms with Crippen molar-refractivity contribution in [1.29, 1.82) is 0 Å². The predicted molar refractivity (Wildman–Crippen MR) is 76.6 cm³/mol. The Labute approximate surface area is 116 Å². The van der Waals surface area contributed by atoms with Crippen LogP contribution in [0.1, 0.15) is 0 Å². The fourth-order valence-corrected chi connectivity index (χ4v) is 2.59. The van der Waals surface area contributed by atoms with Gasteiger partial charge in [0.05, 0.1) is 11.0 Å². The molecule has 0 radical (unpaired) electrons. The quantitative estimate of drug-likeness (QED) is 0.732. The molecule has 96 valence electrons. The predicted octanol–water partition coefficient (Wildman–Crippen LogP) is 3.44. The fourth-order valence-electron chi connectivity index (χ4n) is 2.15. The van der Waals surface area contributed by atoms with E-state index >= 15 is 0 Å². The Hall–Kier alpha value is -1.88. The average molecular weight is 321 g/mol. The number of benzene rings is 2. The number of aromatic amines is 1. The standard InChI is InChI=1S/C14H10BrFN2O/c1-18-12-7-9(15)6-11(13(12)17-14(18)19)8-2-4-10(16)5-3-8/h2-7H,1H3,(H,17,19). The van der Waals surface area contributed by atoms with Crippen molar-refractivity contribution in [3.05, 3.63) is 57.2 Å². The van der Waals surface area contributed by atoms with Crippen LogP contribution in [-0.2, 0) is 7.05 Å². The number of aromatic nitrogens is 2. The summed E-state index contributed by atoms with van der Waals surface area (Å²) in [5.41, 5.74) is 3.11. The van der Waals surface area contributed by atoms with E-state index in [-0.39, 0.29) is 11.5 Å². The van der Waals surface area contributed by atoms with E-state index in [0.717, 1.165) is 26.6 Å². The summed E-state index contributed by atoms with van der Waals surface area (Å²) in [6, 6.07) is 9.99. The van der Waals surface area contributed by atoms with E-state index in [0.29, 0.717) is 0 Å². The van der Waals surface area contributed by atoms with E-state index in [1.807, 2.05) is 12.1 Å². The number of nitrogens with one attached hydrogen (secondary N) is 1. The summed E-state index contributed by atoms with van der Waals surface area (Å²) in [7, 11) is 1.71. The van der Waals surface area contributed by atoms with E-state index < -0.39 is 0 Å². The third-order valence-electron chi connectivity index (χ3n) is 3.14. The minimum Gasteiger partial charge on any atom is -0.305 e. The Morgan fingerprint density at radius 2 is 1.89 bits per heavy atom. The van der Waals surface area contributed by atoms with Crippen LogP contribution in [0.5, 0.6) is 0 Å². The summed E-state index contributed by atoms with van der Waals surface area (Å²) in [5, 5.41) is 0. The highest BCUT2D eigenvalue weighted by molar-refractivity contribution is 9.10. The summed E-state index contributed by atoms with van der Waals surface area (Å²) < 4.78 is 15.4. The Morgan fingerprint density at radius 1 is 1.21 bits per heavy atom. The minimum absolute atomic E-state index is 0.170. The monoisotopic (exact) mass is 320 g/mol. The first-order valence-corrected chi connectivity index (χ1v) is 6.50. The number of rotatable bonds is 1. The third kappa shape index (κ3) is 2.00. The molecule has 1 heterocycles. The number of hydrogen-bond donors (Lipinski definition) is 1. The van der Waals surface area contributed by atoms with Crippen LogP contribution in [0.15, 0.2) is 45.7 Å². The van der Waals surface area contributed by atoms with Crippen LogP contribution in [0.3, 0.4) is 0 Å². The number of H-pyrrole nitrogens is 1. The lowest BCUT2D eigenvalue weighted by Gasteiger charge is -2.05. The number of imidazole rings is 1. The first-order valence-electron chi connectivity index (χ1n) is 5.70. The molecular weight excluding hydrogens is 311 g/mol. The molecule has 2 aromatic carbocycles. The summed E-state index contributed by atoms with van der Waals surface area (Å²) in [5.74, 6) is -0.281. The molecule has 0 saturated heterocycles. The number of aryl methyl sites for hydroxylation is 1. The van der Waals surface area contributed by atoms with Crippen LogP contribution < -0.4 is 5.69 Å². The zero-order chi connectivity index (χ0) is 13.6. The maximum atomic E-state index is 13.0. The molecule has 0 amide bonds. The van der Waals surface area contributed by atoms with Crippen LogP contribution in [0.25, 0.3) is 22.2 Å². The van der Waals surface area contributed by atoms with Crippen molar-refractivity contribution in [3.63, 3.8) is 0 Å². The lowest BCUT2D eigenvalue weighted by atomic mass is 10.0. The summed E-state index contributed by atoms with van der Waals surface area (Å²) in [6.45, 7) is 0. The van der Waals surface area contributed by atoms with Crippen molar-refractivity contribution in [2.75, 3.05) is 0 Å². The van der Waals surface area contributed by atoms with Gasteiger partial charge in [-0.05, 0) is 29.8 Å². The van der Waals surface area contributed by atoms with Gasteiger partial charge in [-0.2, -0.15) is 0 Å². The van der Waals surface area contributed by atoms with E-state index in [1.54, 1.807) is 23.7 Å². The molecule has 0 bridgehead atoms. The van der Waals surface area contributed by atoms with Crippen molar-refractivity contribution in [2.45, 2.75) is 0 Å². The highest BCUT2D eigenvalue weighted by atomic mass is 79.9. The summed E-state index contributed by atoms with van der Waals surface area (Å²) in [6.07, 6.45) is 0. The molecule has 3 aromatic rings. The van der Waals surface area contributed by atoms with Crippen molar-refractivity contribution >= 4 is 27.0 Å². The van der Waals surface area contributed by atoms with Gasteiger partial charge >= 0.3 is 5.69 Å². The summed E-state index contributed by atoms with van der Waals surface area (Å²) in [4.78, 5) is 14.5. The van der Waals surface area contributed by atoms with Crippen molar-refractivity contribution in [2.24, 2.45) is 7.05 Å². The highest BCUT2D eigenvalue weighted by Gasteiger charge is 2.11. The van der Waals surface area contributed by atoms with Gasteiger partial charge in [-0.25, -0.2) is 9.18 Å². The Balaban J connectivity index is 2.37. The van der Waals surface area contributed by atoms with Crippen LogP contribution in [0.2, 0.25) is 0 Å². The SMILES string of the molecule is Cn1c(=O)[nH]c2c(-c3ccc(F)cc3)cc(Br)cc21. The molecule has 19 heavy (non-hydrogen) atoms. The number of hydrogen-bond acceptors (Lipinski definition) is 1. The van der Waals surface area contributed by atoms with Gasteiger partial charge in [0.15, 0.2) is 0 Å². The first-order chi connectivity index (χ1) is 9.06. The van der Waals surface area contributed by atoms with Crippen molar-refractivity contribution in [1.82, 2.24) is 9.55 Å². The van der Waals surface area contributed by atoms with Gasteiger partial charge in [-0.3, -0.25) is 4.57 Å². The maximum Gasteiger partial charge on any atom is 0.326 e. The largest absolute Gasteiger partial charge is 0.326 e. The second kappa shape index (κ2) is 4.35. The Kier molecular flexibility index (Phi) is 2.78. The number of nitrogens with zero attached hydrogens (tertiary/aromatic N) is 1. The van der Waals surface area contributed by atoms with Crippen LogP contribution in [-0.4, -0.2) is 9.55 Å². The van der Waals surface area contributed by atoms with Gasteiger partial charge in [0.2, 0.25) is 0 Å². The number of fused-ring (bicyclic) bond motifs is 1. The highest BCUT2D eigenvalue weighted by Crippen LogP contribution is 2.30. The molecule has 1 aromatic heterocycles. The van der Waals surface area contributed by atoms with Crippen LogP contribution in [0.4, 0.5) is 4.39 Å². The molecular formula is C14H10BrFN2O. The van der Waals surface area contributed by atoms with Gasteiger partial charge in [-0.1, -0.05) is 28.1 Å². The van der Waals surface area contributed by atoms with Gasteiger partial charge < -0.3 is 4.98 Å². The van der Waals surface area contributed by atoms with E-state index in [4.69, 9.17) is 0 Å². The molecule has 0 aliphatic heterocycles. The lowest BCUT2D eigenvalue weighted by molar-refractivity contribution is 0.628. The van der Waals surface area contributed by atoms with Gasteiger partial charge in [-0.15, -0.1) is 0 Å². The molecule has 3 nitrogen and oxygen atoms in total. The lowest BCUT2D eigenvalue weighted by Crippen LogP contribution is -2.11. The molecule has 0 saturated carbocycles. The molecule has 0 atom stereocenters.